The standard InChI is InChI=1S/C20H24N4O/c25-20(24-14-13-15-7-5-6-10-18(15)24)17-11-12-19(23-22-17)21-16-8-3-1-2-4-9-16/h5-7,10-12,16H,1-4,8-9,13-14H2,(H,21,23). The van der Waals surface area contributed by atoms with Crippen LogP contribution in [-0.4, -0.2) is 28.7 Å². The molecule has 0 saturated heterocycles. The average molecular weight is 336 g/mol. The molecule has 0 spiro atoms. The third-order valence-electron chi connectivity index (χ3n) is 5.22. The first kappa shape index (κ1) is 16.1. The van der Waals surface area contributed by atoms with Crippen molar-refractivity contribution in [3.63, 3.8) is 0 Å². The van der Waals surface area contributed by atoms with Crippen LogP contribution in [0.5, 0.6) is 0 Å². The maximum Gasteiger partial charge on any atom is 0.278 e. The molecule has 0 unspecified atom stereocenters. The smallest absolute Gasteiger partial charge is 0.278 e. The van der Waals surface area contributed by atoms with Crippen LogP contribution in [0.4, 0.5) is 11.5 Å². The maximum atomic E-state index is 12.8. The molecule has 1 amide bonds. The summed E-state index contributed by atoms with van der Waals surface area (Å²) in [4.78, 5) is 14.6. The lowest BCUT2D eigenvalue weighted by Gasteiger charge is -2.18. The van der Waals surface area contributed by atoms with Crippen molar-refractivity contribution in [2.45, 2.75) is 51.0 Å². The molecule has 2 heterocycles. The minimum Gasteiger partial charge on any atom is -0.366 e. The average Bonchev–Trinajstić information content (AvgIpc) is 2.92. The van der Waals surface area contributed by atoms with Gasteiger partial charge in [0, 0.05) is 18.3 Å². The molecule has 1 N–H and O–H groups in total. The Bertz CT molecular complexity index is 736. The monoisotopic (exact) mass is 336 g/mol. The van der Waals surface area contributed by atoms with Crippen LogP contribution in [0.15, 0.2) is 36.4 Å². The Morgan fingerprint density at radius 1 is 1.00 bits per heavy atom. The molecule has 0 bridgehead atoms. The van der Waals surface area contributed by atoms with Gasteiger partial charge in [-0.1, -0.05) is 43.9 Å². The first-order valence-electron chi connectivity index (χ1n) is 9.31. The zero-order valence-corrected chi connectivity index (χ0v) is 14.4. The first-order chi connectivity index (χ1) is 12.3. The minimum atomic E-state index is -0.0709. The third-order valence-corrected chi connectivity index (χ3v) is 5.22. The molecule has 2 aromatic rings. The van der Waals surface area contributed by atoms with E-state index in [0.717, 1.165) is 17.9 Å². The Labute approximate surface area is 148 Å². The highest BCUT2D eigenvalue weighted by Gasteiger charge is 2.26. The topological polar surface area (TPSA) is 58.1 Å². The third kappa shape index (κ3) is 3.50. The number of nitrogens with one attached hydrogen (secondary N) is 1. The molecule has 0 atom stereocenters. The second-order valence-corrected chi connectivity index (χ2v) is 6.97. The number of anilines is 2. The Balaban J connectivity index is 1.44. The molecule has 5 nitrogen and oxygen atoms in total. The van der Waals surface area contributed by atoms with Crippen molar-refractivity contribution in [1.29, 1.82) is 0 Å². The number of aromatic nitrogens is 2. The van der Waals surface area contributed by atoms with E-state index in [1.54, 1.807) is 11.0 Å². The molecular weight excluding hydrogens is 312 g/mol. The second-order valence-electron chi connectivity index (χ2n) is 6.97. The number of hydrogen-bond donors (Lipinski definition) is 1. The van der Waals surface area contributed by atoms with Crippen LogP contribution in [0.1, 0.15) is 54.6 Å². The summed E-state index contributed by atoms with van der Waals surface area (Å²) in [5.74, 6) is 0.698. The summed E-state index contributed by atoms with van der Waals surface area (Å²) in [5.41, 5.74) is 2.62. The van der Waals surface area contributed by atoms with Gasteiger partial charge in [-0.15, -0.1) is 10.2 Å². The molecule has 1 aromatic carbocycles. The summed E-state index contributed by atoms with van der Waals surface area (Å²) in [5, 5.41) is 11.9. The van der Waals surface area contributed by atoms with Crippen molar-refractivity contribution in [3.05, 3.63) is 47.7 Å². The van der Waals surface area contributed by atoms with Crippen molar-refractivity contribution in [2.24, 2.45) is 0 Å². The first-order valence-corrected chi connectivity index (χ1v) is 9.31. The largest absolute Gasteiger partial charge is 0.366 e. The van der Waals surface area contributed by atoms with E-state index >= 15 is 0 Å². The van der Waals surface area contributed by atoms with Gasteiger partial charge in [-0.25, -0.2) is 0 Å². The molecule has 1 saturated carbocycles. The summed E-state index contributed by atoms with van der Waals surface area (Å²) >= 11 is 0. The summed E-state index contributed by atoms with van der Waals surface area (Å²) in [7, 11) is 0. The van der Waals surface area contributed by atoms with E-state index in [1.807, 2.05) is 24.3 Å². The molecule has 2 aliphatic rings. The zero-order chi connectivity index (χ0) is 17.1. The lowest BCUT2D eigenvalue weighted by atomic mass is 10.1. The van der Waals surface area contributed by atoms with Crippen LogP contribution in [0.3, 0.4) is 0 Å². The number of benzene rings is 1. The molecule has 0 radical (unpaired) electrons. The highest BCUT2D eigenvalue weighted by molar-refractivity contribution is 6.06. The van der Waals surface area contributed by atoms with Crippen LogP contribution in [-0.2, 0) is 6.42 Å². The second kappa shape index (κ2) is 7.21. The van der Waals surface area contributed by atoms with E-state index in [1.165, 1.54) is 44.1 Å². The quantitative estimate of drug-likeness (QED) is 0.866. The molecule has 130 valence electrons. The maximum absolute atomic E-state index is 12.8. The minimum absolute atomic E-state index is 0.0709. The molecule has 5 heteroatoms. The number of nitrogens with zero attached hydrogens (tertiary/aromatic N) is 3. The van der Waals surface area contributed by atoms with Crippen LogP contribution < -0.4 is 10.2 Å². The Morgan fingerprint density at radius 3 is 2.56 bits per heavy atom. The van der Waals surface area contributed by atoms with Gasteiger partial charge in [-0.2, -0.15) is 0 Å². The molecule has 25 heavy (non-hydrogen) atoms. The fraction of sp³-hybridized carbons (Fsp3) is 0.450. The van der Waals surface area contributed by atoms with E-state index in [-0.39, 0.29) is 5.91 Å². The summed E-state index contributed by atoms with van der Waals surface area (Å²) in [6.07, 6.45) is 8.48. The predicted octanol–water partition coefficient (Wildman–Crippen LogP) is 3.81. The van der Waals surface area contributed by atoms with Crippen molar-refractivity contribution in [1.82, 2.24) is 10.2 Å². The highest BCUT2D eigenvalue weighted by Crippen LogP contribution is 2.28. The van der Waals surface area contributed by atoms with E-state index in [9.17, 15) is 4.79 Å². The molecule has 4 rings (SSSR count). The Hall–Kier alpha value is -2.43. The summed E-state index contributed by atoms with van der Waals surface area (Å²) in [6, 6.07) is 12.2. The number of para-hydroxylation sites is 1. The van der Waals surface area contributed by atoms with Gasteiger partial charge in [0.25, 0.3) is 5.91 Å². The van der Waals surface area contributed by atoms with E-state index in [0.29, 0.717) is 18.3 Å². The molecule has 1 aliphatic carbocycles. The van der Waals surface area contributed by atoms with Gasteiger partial charge in [0.2, 0.25) is 0 Å². The van der Waals surface area contributed by atoms with E-state index in [4.69, 9.17) is 0 Å². The van der Waals surface area contributed by atoms with Crippen molar-refractivity contribution < 1.29 is 4.79 Å². The lowest BCUT2D eigenvalue weighted by Crippen LogP contribution is -2.30. The van der Waals surface area contributed by atoms with Crippen LogP contribution in [0, 0.1) is 0 Å². The van der Waals surface area contributed by atoms with Gasteiger partial charge >= 0.3 is 0 Å². The highest BCUT2D eigenvalue weighted by atomic mass is 16.2. The summed E-state index contributed by atoms with van der Waals surface area (Å²) < 4.78 is 0. The number of fused-ring (bicyclic) bond motifs is 1. The van der Waals surface area contributed by atoms with Crippen LogP contribution in [0.25, 0.3) is 0 Å². The van der Waals surface area contributed by atoms with E-state index < -0.39 is 0 Å². The number of carbonyl (C=O) groups is 1. The Morgan fingerprint density at radius 2 is 1.80 bits per heavy atom. The fourth-order valence-electron chi connectivity index (χ4n) is 3.84. The van der Waals surface area contributed by atoms with Gasteiger partial charge in [-0.05, 0) is 43.0 Å². The van der Waals surface area contributed by atoms with Crippen LogP contribution in [0.2, 0.25) is 0 Å². The molecule has 1 aromatic heterocycles. The number of amides is 1. The number of rotatable bonds is 3. The molecule has 1 aliphatic heterocycles. The number of carbonyl (C=O) groups excluding carboxylic acids is 1. The van der Waals surface area contributed by atoms with Crippen molar-refractivity contribution in [2.75, 3.05) is 16.8 Å². The molecular formula is C20H24N4O. The number of hydrogen-bond acceptors (Lipinski definition) is 4. The SMILES string of the molecule is O=C(c1ccc(NC2CCCCCC2)nn1)N1CCc2ccccc21. The van der Waals surface area contributed by atoms with Gasteiger partial charge in [0.1, 0.15) is 5.82 Å². The lowest BCUT2D eigenvalue weighted by molar-refractivity contribution is 0.0983. The Kier molecular flexibility index (Phi) is 4.63. The van der Waals surface area contributed by atoms with Crippen molar-refractivity contribution in [3.8, 4) is 0 Å². The van der Waals surface area contributed by atoms with E-state index in [2.05, 4.69) is 21.6 Å². The van der Waals surface area contributed by atoms with Gasteiger partial charge in [0.05, 0.1) is 0 Å². The van der Waals surface area contributed by atoms with Crippen molar-refractivity contribution >= 4 is 17.4 Å². The zero-order valence-electron chi connectivity index (χ0n) is 14.4. The normalized spacial score (nSPS) is 17.8. The fourth-order valence-corrected chi connectivity index (χ4v) is 3.84. The summed E-state index contributed by atoms with van der Waals surface area (Å²) in [6.45, 7) is 0.710. The molecule has 1 fully saturated rings. The van der Waals surface area contributed by atoms with Gasteiger partial charge in [0.15, 0.2) is 5.69 Å². The van der Waals surface area contributed by atoms with Gasteiger partial charge in [-0.3, -0.25) is 4.79 Å². The van der Waals surface area contributed by atoms with Crippen LogP contribution >= 0.6 is 0 Å². The van der Waals surface area contributed by atoms with Gasteiger partial charge < -0.3 is 10.2 Å². The predicted molar refractivity (Wildman–Crippen MR) is 99.0 cm³/mol.